The lowest BCUT2D eigenvalue weighted by molar-refractivity contribution is 0.385. The van der Waals surface area contributed by atoms with Crippen molar-refractivity contribution in [2.45, 2.75) is 11.8 Å². The van der Waals surface area contributed by atoms with Gasteiger partial charge in [-0.2, -0.15) is 0 Å². The number of para-hydroxylation sites is 1. The standard InChI is InChI=1S/C24H22ClNO6S/c1-14-11-19-17(13-18(14)25)23(16-7-5-6-8-20(16)31-3)24(27)26(19)33(28,29)22-10-9-15(30-2)12-21(22)32-4/h5-13,27H,1-4H3. The fraction of sp³-hybridized carbons (Fsp3) is 0.167. The van der Waals surface area contributed by atoms with Crippen LogP contribution < -0.4 is 14.2 Å². The Morgan fingerprint density at radius 2 is 1.61 bits per heavy atom. The molecule has 0 spiro atoms. The monoisotopic (exact) mass is 487 g/mol. The van der Waals surface area contributed by atoms with Gasteiger partial charge in [-0.1, -0.05) is 29.8 Å². The number of benzene rings is 3. The largest absolute Gasteiger partial charge is 0.497 e. The van der Waals surface area contributed by atoms with Gasteiger partial charge in [0.15, 0.2) is 0 Å². The molecule has 0 amide bonds. The third-order valence-electron chi connectivity index (χ3n) is 5.45. The van der Waals surface area contributed by atoms with Gasteiger partial charge in [0.05, 0.1) is 32.4 Å². The van der Waals surface area contributed by atoms with Crippen LogP contribution in [0.25, 0.3) is 22.0 Å². The molecule has 1 N–H and O–H groups in total. The van der Waals surface area contributed by atoms with Crippen LogP contribution in [0, 0.1) is 6.92 Å². The van der Waals surface area contributed by atoms with Crippen molar-refractivity contribution in [3.8, 4) is 34.3 Å². The summed E-state index contributed by atoms with van der Waals surface area (Å²) in [4.78, 5) is -0.128. The minimum atomic E-state index is -4.30. The van der Waals surface area contributed by atoms with E-state index in [1.807, 2.05) is 0 Å². The summed E-state index contributed by atoms with van der Waals surface area (Å²) in [5.41, 5.74) is 1.75. The quantitative estimate of drug-likeness (QED) is 0.400. The second kappa shape index (κ2) is 8.53. The molecule has 172 valence electrons. The van der Waals surface area contributed by atoms with Crippen LogP contribution in [0.15, 0.2) is 59.5 Å². The summed E-state index contributed by atoms with van der Waals surface area (Å²) in [6.45, 7) is 1.76. The van der Waals surface area contributed by atoms with Gasteiger partial charge in [-0.25, -0.2) is 12.4 Å². The van der Waals surface area contributed by atoms with Gasteiger partial charge >= 0.3 is 0 Å². The van der Waals surface area contributed by atoms with Crippen LogP contribution in [-0.4, -0.2) is 38.8 Å². The minimum Gasteiger partial charge on any atom is -0.497 e. The Balaban J connectivity index is 2.12. The molecule has 0 radical (unpaired) electrons. The summed E-state index contributed by atoms with van der Waals surface area (Å²) in [5, 5.41) is 12.3. The second-order valence-corrected chi connectivity index (χ2v) is 9.47. The first-order valence-corrected chi connectivity index (χ1v) is 11.7. The minimum absolute atomic E-state index is 0.0835. The maximum absolute atomic E-state index is 13.9. The zero-order valence-corrected chi connectivity index (χ0v) is 20.0. The van der Waals surface area contributed by atoms with Gasteiger partial charge < -0.3 is 19.3 Å². The number of hydrogen-bond donors (Lipinski definition) is 1. The molecule has 0 aliphatic heterocycles. The van der Waals surface area contributed by atoms with Crippen LogP contribution in [0.1, 0.15) is 5.56 Å². The molecule has 0 aliphatic carbocycles. The zero-order chi connectivity index (χ0) is 23.9. The molecular weight excluding hydrogens is 466 g/mol. The molecule has 1 aromatic heterocycles. The summed E-state index contributed by atoms with van der Waals surface area (Å²) in [6.07, 6.45) is 0. The number of methoxy groups -OCH3 is 3. The summed E-state index contributed by atoms with van der Waals surface area (Å²) < 4.78 is 44.6. The number of aromatic hydroxyl groups is 1. The SMILES string of the molecule is COc1ccc(S(=O)(=O)n2c(O)c(-c3ccccc3OC)c3cc(Cl)c(C)cc32)c(OC)c1. The van der Waals surface area contributed by atoms with Crippen molar-refractivity contribution >= 4 is 32.5 Å². The molecule has 0 saturated heterocycles. The first-order chi connectivity index (χ1) is 15.7. The fourth-order valence-corrected chi connectivity index (χ4v) is 5.54. The van der Waals surface area contributed by atoms with Gasteiger partial charge in [0.2, 0.25) is 5.88 Å². The smallest absolute Gasteiger partial charge is 0.274 e. The highest BCUT2D eigenvalue weighted by molar-refractivity contribution is 7.90. The van der Waals surface area contributed by atoms with Crippen LogP contribution in [-0.2, 0) is 10.0 Å². The summed E-state index contributed by atoms with van der Waals surface area (Å²) in [7, 11) is 0.0462. The van der Waals surface area contributed by atoms with E-state index in [4.69, 9.17) is 25.8 Å². The van der Waals surface area contributed by atoms with E-state index in [2.05, 4.69) is 0 Å². The Kier molecular flexibility index (Phi) is 5.90. The number of rotatable bonds is 6. The molecular formula is C24H22ClNO6S. The zero-order valence-electron chi connectivity index (χ0n) is 18.4. The second-order valence-electron chi connectivity index (χ2n) is 7.30. The molecule has 0 unspecified atom stereocenters. The number of fused-ring (bicyclic) bond motifs is 1. The molecule has 9 heteroatoms. The van der Waals surface area contributed by atoms with E-state index >= 15 is 0 Å². The first kappa shape index (κ1) is 22.8. The van der Waals surface area contributed by atoms with Crippen molar-refractivity contribution in [1.82, 2.24) is 3.97 Å². The van der Waals surface area contributed by atoms with Gasteiger partial charge in [-0.15, -0.1) is 0 Å². The Bertz CT molecular complexity index is 1480. The average molecular weight is 488 g/mol. The molecule has 0 aliphatic rings. The van der Waals surface area contributed by atoms with E-state index in [9.17, 15) is 13.5 Å². The van der Waals surface area contributed by atoms with E-state index < -0.39 is 15.9 Å². The number of nitrogens with zero attached hydrogens (tertiary/aromatic N) is 1. The van der Waals surface area contributed by atoms with Crippen molar-refractivity contribution in [3.05, 3.63) is 65.2 Å². The van der Waals surface area contributed by atoms with Crippen LogP contribution >= 0.6 is 11.6 Å². The third kappa shape index (κ3) is 3.65. The topological polar surface area (TPSA) is 87.0 Å². The van der Waals surface area contributed by atoms with Gasteiger partial charge in [-0.3, -0.25) is 0 Å². The maximum Gasteiger partial charge on any atom is 0.274 e. The van der Waals surface area contributed by atoms with Crippen molar-refractivity contribution in [2.24, 2.45) is 0 Å². The highest BCUT2D eigenvalue weighted by atomic mass is 35.5. The fourth-order valence-electron chi connectivity index (χ4n) is 3.82. The lowest BCUT2D eigenvalue weighted by Gasteiger charge is -2.14. The van der Waals surface area contributed by atoms with Crippen molar-refractivity contribution in [3.63, 3.8) is 0 Å². The number of ether oxygens (including phenoxy) is 3. The maximum atomic E-state index is 13.9. The van der Waals surface area contributed by atoms with E-state index in [1.54, 1.807) is 43.3 Å². The Hall–Kier alpha value is -3.36. The Morgan fingerprint density at radius 1 is 0.909 bits per heavy atom. The predicted octanol–water partition coefficient (Wildman–Crippen LogP) is 5.24. The molecule has 0 bridgehead atoms. The van der Waals surface area contributed by atoms with E-state index in [1.165, 1.54) is 39.5 Å². The lowest BCUT2D eigenvalue weighted by atomic mass is 10.0. The molecule has 1 heterocycles. The average Bonchev–Trinajstić information content (AvgIpc) is 3.09. The number of aromatic nitrogens is 1. The summed E-state index contributed by atoms with van der Waals surface area (Å²) in [6, 6.07) is 14.7. The van der Waals surface area contributed by atoms with Gasteiger partial charge in [0, 0.05) is 22.0 Å². The van der Waals surface area contributed by atoms with Crippen LogP contribution in [0.3, 0.4) is 0 Å². The van der Waals surface area contributed by atoms with Crippen LogP contribution in [0.4, 0.5) is 0 Å². The molecule has 33 heavy (non-hydrogen) atoms. The van der Waals surface area contributed by atoms with Gasteiger partial charge in [-0.05, 0) is 42.8 Å². The Morgan fingerprint density at radius 3 is 2.27 bits per heavy atom. The summed E-state index contributed by atoms with van der Waals surface area (Å²) in [5.74, 6) is 0.530. The van der Waals surface area contributed by atoms with E-state index in [-0.39, 0.29) is 16.2 Å². The molecule has 0 saturated carbocycles. The highest BCUT2D eigenvalue weighted by Gasteiger charge is 2.31. The molecule has 3 aromatic carbocycles. The van der Waals surface area contributed by atoms with Crippen LogP contribution in [0.2, 0.25) is 5.02 Å². The lowest BCUT2D eigenvalue weighted by Crippen LogP contribution is -2.14. The van der Waals surface area contributed by atoms with Crippen LogP contribution in [0.5, 0.6) is 23.1 Å². The normalized spacial score (nSPS) is 11.5. The highest BCUT2D eigenvalue weighted by Crippen LogP contribution is 2.46. The molecule has 4 rings (SSSR count). The molecule has 7 nitrogen and oxygen atoms in total. The van der Waals surface area contributed by atoms with Gasteiger partial charge in [0.1, 0.15) is 22.1 Å². The molecule has 0 fully saturated rings. The molecule has 0 atom stereocenters. The Labute approximate surface area is 196 Å². The van der Waals surface area contributed by atoms with Crippen molar-refractivity contribution in [2.75, 3.05) is 21.3 Å². The van der Waals surface area contributed by atoms with E-state index in [0.717, 1.165) is 3.97 Å². The summed E-state index contributed by atoms with van der Waals surface area (Å²) >= 11 is 6.39. The number of hydrogen-bond acceptors (Lipinski definition) is 6. The van der Waals surface area contributed by atoms with Crippen molar-refractivity contribution < 1.29 is 27.7 Å². The molecule has 4 aromatic rings. The first-order valence-electron chi connectivity index (χ1n) is 9.89. The van der Waals surface area contributed by atoms with Gasteiger partial charge in [0.25, 0.3) is 10.0 Å². The van der Waals surface area contributed by atoms with Crippen molar-refractivity contribution in [1.29, 1.82) is 0 Å². The predicted molar refractivity (Wildman–Crippen MR) is 127 cm³/mol. The number of halogens is 1. The van der Waals surface area contributed by atoms with E-state index in [0.29, 0.717) is 38.6 Å². The number of aryl methyl sites for hydroxylation is 1. The third-order valence-corrected chi connectivity index (χ3v) is 7.60.